The minimum Gasteiger partial charge on any atom is -0.496 e. The van der Waals surface area contributed by atoms with Crippen molar-refractivity contribution in [3.8, 4) is 5.75 Å². The number of nitrogens with one attached hydrogen (secondary N) is 1. The van der Waals surface area contributed by atoms with Gasteiger partial charge >= 0.3 is 0 Å². The Hall–Kier alpha value is -1.45. The van der Waals surface area contributed by atoms with Gasteiger partial charge < -0.3 is 10.1 Å². The zero-order valence-corrected chi connectivity index (χ0v) is 14.0. The maximum atomic E-state index is 5.39. The van der Waals surface area contributed by atoms with Gasteiger partial charge in [-0.15, -0.1) is 0 Å². The lowest BCUT2D eigenvalue weighted by atomic mass is 10.1. The third-order valence-electron chi connectivity index (χ3n) is 3.04. The second-order valence-corrected chi connectivity index (χ2v) is 7.12. The molecule has 2 rings (SSSR count). The van der Waals surface area contributed by atoms with Crippen LogP contribution in [0.2, 0.25) is 0 Å². The highest BCUT2D eigenvalue weighted by molar-refractivity contribution is 7.99. The van der Waals surface area contributed by atoms with Gasteiger partial charge in [-0.25, -0.2) is 0 Å². The summed E-state index contributed by atoms with van der Waals surface area (Å²) in [6.45, 7) is 7.43. The molecule has 2 aromatic rings. The van der Waals surface area contributed by atoms with Gasteiger partial charge in [0.15, 0.2) is 0 Å². The molecule has 0 aliphatic heterocycles. The average molecular weight is 301 g/mol. The van der Waals surface area contributed by atoms with Crippen molar-refractivity contribution in [2.24, 2.45) is 0 Å². The van der Waals surface area contributed by atoms with E-state index in [9.17, 15) is 0 Å². The maximum Gasteiger partial charge on any atom is 0.132 e. The highest BCUT2D eigenvalue weighted by Gasteiger charge is 2.08. The van der Waals surface area contributed by atoms with Crippen LogP contribution in [0.4, 0.5) is 0 Å². The minimum absolute atomic E-state index is 0.144. The molecule has 3 heteroatoms. The van der Waals surface area contributed by atoms with E-state index >= 15 is 0 Å². The number of methoxy groups -OCH3 is 1. The first kappa shape index (κ1) is 15.9. The summed E-state index contributed by atoms with van der Waals surface area (Å²) < 4.78 is 5.39. The predicted octanol–water partition coefficient (Wildman–Crippen LogP) is 4.73. The highest BCUT2D eigenvalue weighted by atomic mass is 32.2. The molecule has 0 radical (unpaired) electrons. The first-order valence-electron chi connectivity index (χ1n) is 7.13. The lowest BCUT2D eigenvalue weighted by Crippen LogP contribution is -2.35. The molecule has 0 aromatic heterocycles. The van der Waals surface area contributed by atoms with Gasteiger partial charge in [-0.05, 0) is 50.6 Å². The van der Waals surface area contributed by atoms with Gasteiger partial charge in [0.05, 0.1) is 12.0 Å². The van der Waals surface area contributed by atoms with E-state index < -0.39 is 0 Å². The number of para-hydroxylation sites is 1. The van der Waals surface area contributed by atoms with Crippen molar-refractivity contribution in [3.63, 3.8) is 0 Å². The van der Waals surface area contributed by atoms with E-state index in [4.69, 9.17) is 4.74 Å². The first-order chi connectivity index (χ1) is 9.98. The van der Waals surface area contributed by atoms with Crippen LogP contribution in [0.3, 0.4) is 0 Å². The fourth-order valence-corrected chi connectivity index (χ4v) is 2.80. The van der Waals surface area contributed by atoms with Crippen LogP contribution in [0, 0.1) is 0 Å². The van der Waals surface area contributed by atoms with Gasteiger partial charge in [-0.2, -0.15) is 0 Å². The molecule has 0 saturated heterocycles. The van der Waals surface area contributed by atoms with Crippen molar-refractivity contribution in [3.05, 3.63) is 54.1 Å². The summed E-state index contributed by atoms with van der Waals surface area (Å²) in [4.78, 5) is 2.36. The molecule has 0 heterocycles. The number of hydrogen-bond acceptors (Lipinski definition) is 3. The van der Waals surface area contributed by atoms with Gasteiger partial charge in [-0.3, -0.25) is 0 Å². The fourth-order valence-electron chi connectivity index (χ4n) is 1.87. The van der Waals surface area contributed by atoms with Crippen LogP contribution >= 0.6 is 11.8 Å². The van der Waals surface area contributed by atoms with E-state index in [0.29, 0.717) is 0 Å². The Kier molecular flexibility index (Phi) is 5.32. The summed E-state index contributed by atoms with van der Waals surface area (Å²) in [7, 11) is 1.71. The van der Waals surface area contributed by atoms with E-state index in [0.717, 1.165) is 17.2 Å². The predicted molar refractivity (Wildman–Crippen MR) is 90.2 cm³/mol. The van der Waals surface area contributed by atoms with Crippen LogP contribution in [-0.2, 0) is 6.54 Å². The molecule has 1 N–H and O–H groups in total. The summed E-state index contributed by atoms with van der Waals surface area (Å²) in [6.07, 6.45) is 0. The van der Waals surface area contributed by atoms with Crippen LogP contribution in [-0.4, -0.2) is 12.6 Å². The number of rotatable bonds is 5. The quantitative estimate of drug-likeness (QED) is 0.862. The van der Waals surface area contributed by atoms with Crippen LogP contribution in [0.25, 0.3) is 0 Å². The molecule has 0 fully saturated rings. The maximum absolute atomic E-state index is 5.39. The second kappa shape index (κ2) is 7.01. The van der Waals surface area contributed by atoms with Gasteiger partial charge in [0, 0.05) is 17.0 Å². The molecule has 112 valence electrons. The van der Waals surface area contributed by atoms with Crippen molar-refractivity contribution in [2.45, 2.75) is 42.6 Å². The molecule has 0 amide bonds. The normalized spacial score (nSPS) is 11.4. The molecule has 0 unspecified atom stereocenters. The number of ether oxygens (including phenoxy) is 1. The minimum atomic E-state index is 0.144. The fraction of sp³-hybridized carbons (Fsp3) is 0.333. The third-order valence-corrected chi connectivity index (χ3v) is 4.11. The van der Waals surface area contributed by atoms with Crippen molar-refractivity contribution < 1.29 is 4.74 Å². The van der Waals surface area contributed by atoms with Crippen LogP contribution in [0.5, 0.6) is 5.75 Å². The Morgan fingerprint density at radius 1 is 1.00 bits per heavy atom. The Morgan fingerprint density at radius 2 is 1.67 bits per heavy atom. The largest absolute Gasteiger partial charge is 0.496 e. The summed E-state index contributed by atoms with van der Waals surface area (Å²) in [6, 6.07) is 16.8. The summed E-state index contributed by atoms with van der Waals surface area (Å²) in [5, 5.41) is 3.50. The van der Waals surface area contributed by atoms with Gasteiger partial charge in [0.2, 0.25) is 0 Å². The number of benzene rings is 2. The van der Waals surface area contributed by atoms with Gasteiger partial charge in [0.1, 0.15) is 5.75 Å². The van der Waals surface area contributed by atoms with Gasteiger partial charge in [0.25, 0.3) is 0 Å². The molecular formula is C18H23NOS. The summed E-state index contributed by atoms with van der Waals surface area (Å²) in [5.41, 5.74) is 1.44. The number of hydrogen-bond donors (Lipinski definition) is 1. The van der Waals surface area contributed by atoms with Crippen molar-refractivity contribution in [1.82, 2.24) is 5.32 Å². The van der Waals surface area contributed by atoms with Crippen LogP contribution in [0.1, 0.15) is 26.3 Å². The summed E-state index contributed by atoms with van der Waals surface area (Å²) >= 11 is 1.73. The monoisotopic (exact) mass is 301 g/mol. The molecular weight excluding hydrogens is 278 g/mol. The van der Waals surface area contributed by atoms with Crippen molar-refractivity contribution >= 4 is 11.8 Å². The zero-order chi connectivity index (χ0) is 15.3. The Bertz CT molecular complexity index is 573. The summed E-state index contributed by atoms with van der Waals surface area (Å²) in [5.74, 6) is 0.918. The highest BCUT2D eigenvalue weighted by Crippen LogP contribution is 2.34. The molecule has 2 aromatic carbocycles. The Balaban J connectivity index is 2.02. The Labute approximate surface area is 131 Å². The zero-order valence-electron chi connectivity index (χ0n) is 13.1. The third kappa shape index (κ3) is 5.10. The molecule has 2 nitrogen and oxygen atoms in total. The van der Waals surface area contributed by atoms with Crippen molar-refractivity contribution in [1.29, 1.82) is 0 Å². The molecule has 0 bridgehead atoms. The molecule has 0 saturated carbocycles. The van der Waals surface area contributed by atoms with E-state index in [2.05, 4.69) is 56.4 Å². The van der Waals surface area contributed by atoms with Crippen LogP contribution < -0.4 is 10.1 Å². The molecule has 0 aliphatic rings. The van der Waals surface area contributed by atoms with E-state index in [-0.39, 0.29) is 5.54 Å². The smallest absolute Gasteiger partial charge is 0.132 e. The molecule has 0 aliphatic carbocycles. The molecule has 0 atom stereocenters. The average Bonchev–Trinajstić information content (AvgIpc) is 2.46. The second-order valence-electron chi connectivity index (χ2n) is 6.00. The molecule has 0 spiro atoms. The van der Waals surface area contributed by atoms with Gasteiger partial charge in [-0.1, -0.05) is 36.0 Å². The standard InChI is InChI=1S/C18H23NOS/c1-18(2,3)19-13-14-9-11-15(12-10-14)21-17-8-6-5-7-16(17)20-4/h5-12,19H,13H2,1-4H3. The topological polar surface area (TPSA) is 21.3 Å². The molecule has 21 heavy (non-hydrogen) atoms. The van der Waals surface area contributed by atoms with E-state index in [1.165, 1.54) is 10.5 Å². The van der Waals surface area contributed by atoms with Crippen molar-refractivity contribution in [2.75, 3.05) is 7.11 Å². The van der Waals surface area contributed by atoms with E-state index in [1.807, 2.05) is 18.2 Å². The lowest BCUT2D eigenvalue weighted by Gasteiger charge is -2.20. The van der Waals surface area contributed by atoms with E-state index in [1.54, 1.807) is 18.9 Å². The first-order valence-corrected chi connectivity index (χ1v) is 7.94. The Morgan fingerprint density at radius 3 is 2.29 bits per heavy atom. The van der Waals surface area contributed by atoms with Crippen LogP contribution in [0.15, 0.2) is 58.3 Å². The SMILES string of the molecule is COc1ccccc1Sc1ccc(CNC(C)(C)C)cc1. The lowest BCUT2D eigenvalue weighted by molar-refractivity contribution is 0.405.